The summed E-state index contributed by atoms with van der Waals surface area (Å²) in [4.78, 5) is 10.7. The SMILES string of the molecule is Nc1cc(C(=O)O)ccc1OCC1CCNC1. The van der Waals surface area contributed by atoms with Crippen LogP contribution in [0, 0.1) is 5.92 Å². The molecule has 0 aromatic heterocycles. The number of carboxylic acid groups (broad SMARTS) is 1. The Balaban J connectivity index is 1.98. The van der Waals surface area contributed by atoms with Gasteiger partial charge in [0.2, 0.25) is 0 Å². The molecule has 1 aromatic carbocycles. The first-order valence-corrected chi connectivity index (χ1v) is 5.63. The Morgan fingerprint density at radius 3 is 3.00 bits per heavy atom. The predicted molar refractivity (Wildman–Crippen MR) is 64.3 cm³/mol. The summed E-state index contributed by atoms with van der Waals surface area (Å²) in [6.07, 6.45) is 1.10. The number of hydrogen-bond donors (Lipinski definition) is 3. The van der Waals surface area contributed by atoms with Crippen molar-refractivity contribution in [3.05, 3.63) is 23.8 Å². The van der Waals surface area contributed by atoms with E-state index in [0.29, 0.717) is 24.0 Å². The molecule has 17 heavy (non-hydrogen) atoms. The fourth-order valence-corrected chi connectivity index (χ4v) is 1.88. The molecule has 92 valence electrons. The fraction of sp³-hybridized carbons (Fsp3) is 0.417. The number of nitrogens with two attached hydrogens (primary N) is 1. The first-order valence-electron chi connectivity index (χ1n) is 5.63. The Hall–Kier alpha value is -1.75. The summed E-state index contributed by atoms with van der Waals surface area (Å²) in [5.74, 6) is 0.0821. The highest BCUT2D eigenvalue weighted by molar-refractivity contribution is 5.89. The second-order valence-corrected chi connectivity index (χ2v) is 4.23. The van der Waals surface area contributed by atoms with Gasteiger partial charge in [0.1, 0.15) is 5.75 Å². The van der Waals surface area contributed by atoms with Gasteiger partial charge in [-0.05, 0) is 31.2 Å². The van der Waals surface area contributed by atoms with E-state index >= 15 is 0 Å². The Bertz CT molecular complexity index is 414. The molecule has 5 heteroatoms. The average Bonchev–Trinajstić information content (AvgIpc) is 2.80. The van der Waals surface area contributed by atoms with Crippen molar-refractivity contribution in [3.8, 4) is 5.75 Å². The van der Waals surface area contributed by atoms with Crippen molar-refractivity contribution in [1.29, 1.82) is 0 Å². The molecular formula is C12H16N2O3. The molecule has 1 fully saturated rings. The van der Waals surface area contributed by atoms with Crippen LogP contribution in [0.2, 0.25) is 0 Å². The van der Waals surface area contributed by atoms with Crippen molar-refractivity contribution >= 4 is 11.7 Å². The molecule has 0 bridgehead atoms. The summed E-state index contributed by atoms with van der Waals surface area (Å²) in [6.45, 7) is 2.61. The normalized spacial score (nSPS) is 19.2. The molecule has 1 heterocycles. The molecule has 1 aliphatic heterocycles. The zero-order valence-corrected chi connectivity index (χ0v) is 9.48. The summed E-state index contributed by atoms with van der Waals surface area (Å²) in [7, 11) is 0. The highest BCUT2D eigenvalue weighted by atomic mass is 16.5. The lowest BCUT2D eigenvalue weighted by atomic mass is 10.1. The molecule has 0 saturated carbocycles. The summed E-state index contributed by atoms with van der Waals surface area (Å²) in [5.41, 5.74) is 6.29. The minimum Gasteiger partial charge on any atom is -0.491 e. The monoisotopic (exact) mass is 236 g/mol. The Labute approximate surface area is 99.6 Å². The van der Waals surface area contributed by atoms with Crippen molar-refractivity contribution in [2.75, 3.05) is 25.4 Å². The van der Waals surface area contributed by atoms with Crippen LogP contribution >= 0.6 is 0 Å². The zero-order chi connectivity index (χ0) is 12.3. The van der Waals surface area contributed by atoms with Crippen LogP contribution in [-0.4, -0.2) is 30.8 Å². The molecule has 1 saturated heterocycles. The van der Waals surface area contributed by atoms with Crippen LogP contribution in [-0.2, 0) is 0 Å². The van der Waals surface area contributed by atoms with Gasteiger partial charge in [0.15, 0.2) is 0 Å². The van der Waals surface area contributed by atoms with Gasteiger partial charge in [0.25, 0.3) is 0 Å². The van der Waals surface area contributed by atoms with Crippen LogP contribution < -0.4 is 15.8 Å². The quantitative estimate of drug-likeness (QED) is 0.678. The van der Waals surface area contributed by atoms with Gasteiger partial charge in [-0.3, -0.25) is 0 Å². The summed E-state index contributed by atoms with van der Waals surface area (Å²) in [6, 6.07) is 4.53. The maximum absolute atomic E-state index is 10.7. The largest absolute Gasteiger partial charge is 0.491 e. The molecule has 4 N–H and O–H groups in total. The first-order chi connectivity index (χ1) is 8.16. The fourth-order valence-electron chi connectivity index (χ4n) is 1.88. The molecule has 1 unspecified atom stereocenters. The molecule has 2 rings (SSSR count). The Morgan fingerprint density at radius 2 is 2.41 bits per heavy atom. The van der Waals surface area contributed by atoms with Crippen LogP contribution in [0.4, 0.5) is 5.69 Å². The Morgan fingerprint density at radius 1 is 1.59 bits per heavy atom. The highest BCUT2D eigenvalue weighted by Crippen LogP contribution is 2.23. The predicted octanol–water partition coefficient (Wildman–Crippen LogP) is 0.955. The number of carbonyl (C=O) groups is 1. The van der Waals surface area contributed by atoms with Gasteiger partial charge < -0.3 is 20.9 Å². The molecule has 0 spiro atoms. The van der Waals surface area contributed by atoms with Gasteiger partial charge in [-0.25, -0.2) is 4.79 Å². The van der Waals surface area contributed by atoms with E-state index in [2.05, 4.69) is 5.32 Å². The number of rotatable bonds is 4. The van der Waals surface area contributed by atoms with E-state index in [1.165, 1.54) is 12.1 Å². The van der Waals surface area contributed by atoms with Crippen molar-refractivity contribution in [2.45, 2.75) is 6.42 Å². The first kappa shape index (κ1) is 11.7. The molecular weight excluding hydrogens is 220 g/mol. The van der Waals surface area contributed by atoms with E-state index in [1.807, 2.05) is 0 Å². The van der Waals surface area contributed by atoms with Crippen LogP contribution in [0.1, 0.15) is 16.8 Å². The highest BCUT2D eigenvalue weighted by Gasteiger charge is 2.15. The van der Waals surface area contributed by atoms with Crippen LogP contribution in [0.25, 0.3) is 0 Å². The standard InChI is InChI=1S/C12H16N2O3/c13-10-5-9(12(15)16)1-2-11(10)17-7-8-3-4-14-6-8/h1-2,5,8,14H,3-4,6-7,13H2,(H,15,16). The Kier molecular flexibility index (Phi) is 3.49. The number of anilines is 1. The van der Waals surface area contributed by atoms with Crippen molar-refractivity contribution in [1.82, 2.24) is 5.32 Å². The molecule has 0 amide bonds. The van der Waals surface area contributed by atoms with Gasteiger partial charge in [-0.2, -0.15) is 0 Å². The number of carboxylic acids is 1. The third-order valence-corrected chi connectivity index (χ3v) is 2.89. The average molecular weight is 236 g/mol. The van der Waals surface area contributed by atoms with Gasteiger partial charge in [0.05, 0.1) is 17.9 Å². The lowest BCUT2D eigenvalue weighted by molar-refractivity contribution is 0.0697. The van der Waals surface area contributed by atoms with Crippen molar-refractivity contribution < 1.29 is 14.6 Å². The van der Waals surface area contributed by atoms with E-state index < -0.39 is 5.97 Å². The second-order valence-electron chi connectivity index (χ2n) is 4.23. The van der Waals surface area contributed by atoms with Crippen molar-refractivity contribution in [2.24, 2.45) is 5.92 Å². The van der Waals surface area contributed by atoms with Crippen molar-refractivity contribution in [3.63, 3.8) is 0 Å². The molecule has 1 aliphatic rings. The molecule has 0 aliphatic carbocycles. The maximum atomic E-state index is 10.7. The number of nitrogen functional groups attached to an aromatic ring is 1. The minimum absolute atomic E-state index is 0.178. The van der Waals surface area contributed by atoms with E-state index in [1.54, 1.807) is 6.07 Å². The molecule has 5 nitrogen and oxygen atoms in total. The summed E-state index contributed by atoms with van der Waals surface area (Å²) >= 11 is 0. The second kappa shape index (κ2) is 5.05. The van der Waals surface area contributed by atoms with Gasteiger partial charge >= 0.3 is 5.97 Å². The van der Waals surface area contributed by atoms with E-state index in [0.717, 1.165) is 19.5 Å². The lowest BCUT2D eigenvalue weighted by Crippen LogP contribution is -2.16. The topological polar surface area (TPSA) is 84.6 Å². The smallest absolute Gasteiger partial charge is 0.335 e. The zero-order valence-electron chi connectivity index (χ0n) is 9.48. The number of aromatic carboxylic acids is 1. The number of nitrogens with one attached hydrogen (secondary N) is 1. The third kappa shape index (κ3) is 2.88. The third-order valence-electron chi connectivity index (χ3n) is 2.89. The minimum atomic E-state index is -0.983. The van der Waals surface area contributed by atoms with Crippen LogP contribution in [0.3, 0.4) is 0 Å². The maximum Gasteiger partial charge on any atom is 0.335 e. The van der Waals surface area contributed by atoms with E-state index in [-0.39, 0.29) is 5.56 Å². The number of ether oxygens (including phenoxy) is 1. The van der Waals surface area contributed by atoms with E-state index in [9.17, 15) is 4.79 Å². The molecule has 0 radical (unpaired) electrons. The van der Waals surface area contributed by atoms with Gasteiger partial charge in [-0.1, -0.05) is 0 Å². The summed E-state index contributed by atoms with van der Waals surface area (Å²) < 4.78 is 5.60. The summed E-state index contributed by atoms with van der Waals surface area (Å²) in [5, 5.41) is 12.1. The number of hydrogen-bond acceptors (Lipinski definition) is 4. The molecule has 1 aromatic rings. The lowest BCUT2D eigenvalue weighted by Gasteiger charge is -2.12. The van der Waals surface area contributed by atoms with Crippen LogP contribution in [0.15, 0.2) is 18.2 Å². The number of benzene rings is 1. The van der Waals surface area contributed by atoms with E-state index in [4.69, 9.17) is 15.6 Å². The van der Waals surface area contributed by atoms with Crippen LogP contribution in [0.5, 0.6) is 5.75 Å². The molecule has 1 atom stereocenters. The van der Waals surface area contributed by atoms with Gasteiger partial charge in [-0.15, -0.1) is 0 Å². The van der Waals surface area contributed by atoms with Gasteiger partial charge in [0, 0.05) is 12.5 Å².